The summed E-state index contributed by atoms with van der Waals surface area (Å²) < 4.78 is 29.7. The SMILES string of the molecule is CCCCNC(=O)[C@@H](Cc1ccccc1)N(Cc1cccc(Cl)c1)C(=O)CN(c1cc(C)cc(C)c1)S(=O)(=O)c1ccc(C)cc1. The van der Waals surface area contributed by atoms with E-state index in [1.807, 2.05) is 70.2 Å². The van der Waals surface area contributed by atoms with Gasteiger partial charge in [-0.2, -0.15) is 0 Å². The Labute approximate surface area is 278 Å². The summed E-state index contributed by atoms with van der Waals surface area (Å²) in [6.45, 7) is 7.72. The van der Waals surface area contributed by atoms with Crippen LogP contribution in [0.25, 0.3) is 0 Å². The fourth-order valence-corrected chi connectivity index (χ4v) is 6.96. The Kier molecular flexibility index (Phi) is 12.0. The van der Waals surface area contributed by atoms with Gasteiger partial charge < -0.3 is 10.2 Å². The van der Waals surface area contributed by atoms with Crippen molar-refractivity contribution < 1.29 is 18.0 Å². The van der Waals surface area contributed by atoms with Crippen molar-refractivity contribution >= 4 is 39.1 Å². The smallest absolute Gasteiger partial charge is 0.264 e. The van der Waals surface area contributed by atoms with Gasteiger partial charge >= 0.3 is 0 Å². The van der Waals surface area contributed by atoms with Gasteiger partial charge in [0.2, 0.25) is 11.8 Å². The van der Waals surface area contributed by atoms with Gasteiger partial charge in [0.15, 0.2) is 0 Å². The molecule has 0 spiro atoms. The third kappa shape index (κ3) is 9.21. The number of rotatable bonds is 14. The van der Waals surface area contributed by atoms with Gasteiger partial charge in [-0.05, 0) is 85.8 Å². The lowest BCUT2D eigenvalue weighted by Crippen LogP contribution is -2.53. The standard InChI is InChI=1S/C37H42ClN3O4S/c1-5-6-19-39-37(43)35(24-30-11-8-7-9-12-30)40(25-31-13-10-14-32(38)23-31)36(42)26-41(33-21-28(3)20-29(4)22-33)46(44,45)34-17-15-27(2)16-18-34/h7-18,20-23,35H,5-6,19,24-26H2,1-4H3,(H,39,43)/t35-/m1/s1. The third-order valence-corrected chi connectivity index (χ3v) is 9.75. The first-order valence-corrected chi connectivity index (χ1v) is 17.3. The molecule has 0 heterocycles. The van der Waals surface area contributed by atoms with E-state index in [0.717, 1.165) is 45.0 Å². The molecule has 0 unspecified atom stereocenters. The molecule has 0 saturated heterocycles. The van der Waals surface area contributed by atoms with Crippen molar-refractivity contribution in [3.63, 3.8) is 0 Å². The molecular weight excluding hydrogens is 618 g/mol. The first-order chi connectivity index (χ1) is 22.0. The van der Waals surface area contributed by atoms with E-state index in [4.69, 9.17) is 11.6 Å². The minimum Gasteiger partial charge on any atom is -0.354 e. The summed E-state index contributed by atoms with van der Waals surface area (Å²) in [6, 6.07) is 27.7. The molecule has 0 aliphatic rings. The van der Waals surface area contributed by atoms with Gasteiger partial charge in [0.05, 0.1) is 10.6 Å². The highest BCUT2D eigenvalue weighted by Gasteiger charge is 2.34. The van der Waals surface area contributed by atoms with E-state index >= 15 is 0 Å². The second kappa shape index (κ2) is 15.9. The summed E-state index contributed by atoms with van der Waals surface area (Å²) in [5.74, 6) is -0.812. The van der Waals surface area contributed by atoms with Crippen LogP contribution in [0.2, 0.25) is 5.02 Å². The van der Waals surface area contributed by atoms with E-state index in [0.29, 0.717) is 17.3 Å². The number of nitrogens with one attached hydrogen (secondary N) is 1. The van der Waals surface area contributed by atoms with Crippen LogP contribution in [0.15, 0.2) is 102 Å². The molecular formula is C37H42ClN3O4S. The van der Waals surface area contributed by atoms with Crippen LogP contribution < -0.4 is 9.62 Å². The Bertz CT molecular complexity index is 1720. The van der Waals surface area contributed by atoms with E-state index in [-0.39, 0.29) is 23.8 Å². The van der Waals surface area contributed by atoms with Crippen LogP contribution in [0.5, 0.6) is 0 Å². The molecule has 0 saturated carbocycles. The molecule has 4 aromatic rings. The lowest BCUT2D eigenvalue weighted by atomic mass is 10.0. The molecule has 0 fully saturated rings. The van der Waals surface area contributed by atoms with Crippen molar-refractivity contribution in [3.05, 3.63) is 130 Å². The highest BCUT2D eigenvalue weighted by Crippen LogP contribution is 2.27. The molecule has 4 rings (SSSR count). The zero-order valence-electron chi connectivity index (χ0n) is 26.9. The molecule has 46 heavy (non-hydrogen) atoms. The molecule has 1 atom stereocenters. The van der Waals surface area contributed by atoms with Crippen molar-refractivity contribution in [2.45, 2.75) is 64.4 Å². The summed E-state index contributed by atoms with van der Waals surface area (Å²) in [7, 11) is -4.17. The summed E-state index contributed by atoms with van der Waals surface area (Å²) in [5, 5.41) is 3.50. The van der Waals surface area contributed by atoms with E-state index in [2.05, 4.69) is 5.32 Å². The molecule has 0 bridgehead atoms. The van der Waals surface area contributed by atoms with Crippen LogP contribution in [0.3, 0.4) is 0 Å². The molecule has 4 aromatic carbocycles. The van der Waals surface area contributed by atoms with E-state index in [9.17, 15) is 18.0 Å². The maximum absolute atomic E-state index is 14.6. The van der Waals surface area contributed by atoms with Crippen LogP contribution in [-0.4, -0.2) is 44.3 Å². The lowest BCUT2D eigenvalue weighted by Gasteiger charge is -2.34. The maximum Gasteiger partial charge on any atom is 0.264 e. The normalized spacial score (nSPS) is 11.9. The minimum atomic E-state index is -4.17. The lowest BCUT2D eigenvalue weighted by molar-refractivity contribution is -0.140. The number of carbonyl (C=O) groups excluding carboxylic acids is 2. The minimum absolute atomic E-state index is 0.0589. The average molecular weight is 660 g/mol. The van der Waals surface area contributed by atoms with Gasteiger partial charge in [-0.25, -0.2) is 8.42 Å². The molecule has 0 aliphatic heterocycles. The summed E-state index contributed by atoms with van der Waals surface area (Å²) in [6.07, 6.45) is 1.94. The number of unbranched alkanes of at least 4 members (excludes halogenated alkanes) is 1. The second-order valence-electron chi connectivity index (χ2n) is 11.7. The van der Waals surface area contributed by atoms with Crippen molar-refractivity contribution in [1.29, 1.82) is 0 Å². The molecule has 0 radical (unpaired) electrons. The van der Waals surface area contributed by atoms with Crippen LogP contribution >= 0.6 is 11.6 Å². The Balaban J connectivity index is 1.81. The van der Waals surface area contributed by atoms with Gasteiger partial charge in [0.25, 0.3) is 10.0 Å². The number of benzene rings is 4. The maximum atomic E-state index is 14.6. The van der Waals surface area contributed by atoms with Gasteiger partial charge in [-0.15, -0.1) is 0 Å². The predicted octanol–water partition coefficient (Wildman–Crippen LogP) is 7.02. The van der Waals surface area contributed by atoms with Crippen LogP contribution in [0, 0.1) is 20.8 Å². The highest BCUT2D eigenvalue weighted by atomic mass is 35.5. The van der Waals surface area contributed by atoms with Crippen LogP contribution in [0.1, 0.15) is 47.6 Å². The molecule has 7 nitrogen and oxygen atoms in total. The molecule has 0 aliphatic carbocycles. The number of aryl methyl sites for hydroxylation is 3. The van der Waals surface area contributed by atoms with Crippen molar-refractivity contribution in [3.8, 4) is 0 Å². The van der Waals surface area contributed by atoms with Crippen molar-refractivity contribution in [2.75, 3.05) is 17.4 Å². The van der Waals surface area contributed by atoms with Crippen molar-refractivity contribution in [2.24, 2.45) is 0 Å². The molecule has 1 N–H and O–H groups in total. The first-order valence-electron chi connectivity index (χ1n) is 15.5. The number of anilines is 1. The number of hydrogen-bond acceptors (Lipinski definition) is 4. The molecule has 242 valence electrons. The summed E-state index contributed by atoms with van der Waals surface area (Å²) in [4.78, 5) is 30.0. The van der Waals surface area contributed by atoms with Crippen molar-refractivity contribution in [1.82, 2.24) is 10.2 Å². The number of carbonyl (C=O) groups is 2. The van der Waals surface area contributed by atoms with Gasteiger partial charge in [0, 0.05) is 24.5 Å². The monoisotopic (exact) mass is 659 g/mol. The Morgan fingerprint density at radius 3 is 2.09 bits per heavy atom. The van der Waals surface area contributed by atoms with E-state index in [1.165, 1.54) is 4.90 Å². The zero-order valence-corrected chi connectivity index (χ0v) is 28.4. The van der Waals surface area contributed by atoms with Gasteiger partial charge in [-0.1, -0.05) is 91.2 Å². The Morgan fingerprint density at radius 1 is 0.804 bits per heavy atom. The second-order valence-corrected chi connectivity index (χ2v) is 14.0. The first kappa shape index (κ1) is 34.7. The number of sulfonamides is 1. The molecule has 0 aromatic heterocycles. The topological polar surface area (TPSA) is 86.8 Å². The number of hydrogen-bond donors (Lipinski definition) is 1. The predicted molar refractivity (Wildman–Crippen MR) is 185 cm³/mol. The molecule has 2 amide bonds. The summed E-state index contributed by atoms with van der Waals surface area (Å²) >= 11 is 6.33. The third-order valence-electron chi connectivity index (χ3n) is 7.72. The van der Waals surface area contributed by atoms with E-state index < -0.39 is 28.5 Å². The number of nitrogens with zero attached hydrogens (tertiary/aromatic N) is 2. The molecule has 9 heteroatoms. The quantitative estimate of drug-likeness (QED) is 0.148. The van der Waals surface area contributed by atoms with Gasteiger partial charge in [0.1, 0.15) is 12.6 Å². The van der Waals surface area contributed by atoms with Crippen LogP contribution in [0.4, 0.5) is 5.69 Å². The number of halogens is 1. The summed E-state index contributed by atoms with van der Waals surface area (Å²) in [5.41, 5.74) is 4.61. The largest absolute Gasteiger partial charge is 0.354 e. The average Bonchev–Trinajstić information content (AvgIpc) is 3.01. The fraction of sp³-hybridized carbons (Fsp3) is 0.297. The highest BCUT2D eigenvalue weighted by molar-refractivity contribution is 7.92. The van der Waals surface area contributed by atoms with Gasteiger partial charge in [-0.3, -0.25) is 13.9 Å². The number of amides is 2. The van der Waals surface area contributed by atoms with Crippen LogP contribution in [-0.2, 0) is 32.6 Å². The fourth-order valence-electron chi connectivity index (χ4n) is 5.35. The Hall–Kier alpha value is -4.14. The zero-order chi connectivity index (χ0) is 33.3. The van der Waals surface area contributed by atoms with E-state index in [1.54, 1.807) is 54.6 Å². The Morgan fingerprint density at radius 2 is 1.46 bits per heavy atom.